The zero-order valence-corrected chi connectivity index (χ0v) is 9.71. The first-order valence-corrected chi connectivity index (χ1v) is 5.92. The zero-order valence-electron chi connectivity index (χ0n) is 9.71. The van der Waals surface area contributed by atoms with E-state index in [1.165, 1.54) is 0 Å². The minimum absolute atomic E-state index is 0.0573. The third-order valence-electron chi connectivity index (χ3n) is 3.17. The van der Waals surface area contributed by atoms with E-state index in [9.17, 15) is 9.70 Å². The number of nitrogens with zero attached hydrogens (tertiary/aromatic N) is 2. The largest absolute Gasteiger partial charge is 0.296 e. The van der Waals surface area contributed by atoms with E-state index in [1.54, 1.807) is 0 Å². The van der Waals surface area contributed by atoms with Crippen LogP contribution in [-0.2, 0) is 0 Å². The number of Topliss-reactive ketones (excluding diaryl/α,β-unsaturated/α-hetero) is 1. The number of piperidine rings is 1. The summed E-state index contributed by atoms with van der Waals surface area (Å²) in [6, 6.07) is 9.26. The number of rotatable bonds is 4. The molecule has 1 saturated heterocycles. The SMILES string of the molecule is O=NC1CCN(CC(=O)c2ccccc2)CC1. The Morgan fingerprint density at radius 3 is 2.47 bits per heavy atom. The Labute approximate surface area is 101 Å². The van der Waals surface area contributed by atoms with Gasteiger partial charge in [0.15, 0.2) is 5.78 Å². The number of benzene rings is 1. The fourth-order valence-corrected chi connectivity index (χ4v) is 2.10. The van der Waals surface area contributed by atoms with Crippen LogP contribution in [0.2, 0.25) is 0 Å². The van der Waals surface area contributed by atoms with Crippen LogP contribution in [0.3, 0.4) is 0 Å². The summed E-state index contributed by atoms with van der Waals surface area (Å²) >= 11 is 0. The minimum atomic E-state index is -0.0573. The van der Waals surface area contributed by atoms with Crippen molar-refractivity contribution in [3.63, 3.8) is 0 Å². The smallest absolute Gasteiger partial charge is 0.176 e. The van der Waals surface area contributed by atoms with E-state index in [-0.39, 0.29) is 11.8 Å². The zero-order chi connectivity index (χ0) is 12.1. The van der Waals surface area contributed by atoms with E-state index < -0.39 is 0 Å². The number of hydrogen-bond acceptors (Lipinski definition) is 4. The van der Waals surface area contributed by atoms with Gasteiger partial charge in [0.2, 0.25) is 0 Å². The van der Waals surface area contributed by atoms with Crippen molar-refractivity contribution in [2.75, 3.05) is 19.6 Å². The lowest BCUT2D eigenvalue weighted by molar-refractivity contribution is 0.0910. The third-order valence-corrected chi connectivity index (χ3v) is 3.17. The second-order valence-corrected chi connectivity index (χ2v) is 4.40. The van der Waals surface area contributed by atoms with E-state index in [4.69, 9.17) is 0 Å². The van der Waals surface area contributed by atoms with Crippen LogP contribution in [0, 0.1) is 4.91 Å². The summed E-state index contributed by atoms with van der Waals surface area (Å²) in [7, 11) is 0. The summed E-state index contributed by atoms with van der Waals surface area (Å²) in [4.78, 5) is 24.4. The summed E-state index contributed by atoms with van der Waals surface area (Å²) in [6.07, 6.45) is 1.54. The normalized spacial score (nSPS) is 17.9. The third kappa shape index (κ3) is 3.20. The molecule has 1 aliphatic rings. The van der Waals surface area contributed by atoms with E-state index in [0.29, 0.717) is 6.54 Å². The predicted octanol–water partition coefficient (Wildman–Crippen LogP) is 2.10. The van der Waals surface area contributed by atoms with E-state index in [1.807, 2.05) is 30.3 Å². The fourth-order valence-electron chi connectivity index (χ4n) is 2.10. The van der Waals surface area contributed by atoms with Gasteiger partial charge in [0.25, 0.3) is 0 Å². The van der Waals surface area contributed by atoms with Gasteiger partial charge >= 0.3 is 0 Å². The summed E-state index contributed by atoms with van der Waals surface area (Å²) in [5, 5.41) is 3.06. The maximum atomic E-state index is 11.9. The molecule has 0 amide bonds. The monoisotopic (exact) mass is 232 g/mol. The molecule has 1 aromatic rings. The van der Waals surface area contributed by atoms with Crippen LogP contribution in [0.4, 0.5) is 0 Å². The predicted molar refractivity (Wildman–Crippen MR) is 66.0 cm³/mol. The number of hydrogen-bond donors (Lipinski definition) is 0. The molecule has 1 aliphatic heterocycles. The Hall–Kier alpha value is -1.55. The molecular weight excluding hydrogens is 216 g/mol. The summed E-state index contributed by atoms with van der Waals surface area (Å²) in [6.45, 7) is 2.01. The Morgan fingerprint density at radius 1 is 1.24 bits per heavy atom. The molecule has 0 N–H and O–H groups in total. The second kappa shape index (κ2) is 5.68. The van der Waals surface area contributed by atoms with Crippen LogP contribution in [0.25, 0.3) is 0 Å². The molecule has 0 atom stereocenters. The van der Waals surface area contributed by atoms with Crippen molar-refractivity contribution in [2.45, 2.75) is 18.9 Å². The molecule has 0 bridgehead atoms. The van der Waals surface area contributed by atoms with Crippen LogP contribution >= 0.6 is 0 Å². The highest BCUT2D eigenvalue weighted by molar-refractivity contribution is 5.97. The molecule has 2 rings (SSSR count). The number of ketones is 1. The quantitative estimate of drug-likeness (QED) is 0.590. The lowest BCUT2D eigenvalue weighted by Crippen LogP contribution is -2.38. The first-order valence-electron chi connectivity index (χ1n) is 5.92. The highest BCUT2D eigenvalue weighted by atomic mass is 16.3. The van der Waals surface area contributed by atoms with Gasteiger partial charge in [-0.1, -0.05) is 35.5 Å². The second-order valence-electron chi connectivity index (χ2n) is 4.40. The molecule has 17 heavy (non-hydrogen) atoms. The molecule has 4 nitrogen and oxygen atoms in total. The first kappa shape index (κ1) is 11.9. The van der Waals surface area contributed by atoms with Gasteiger partial charge in [-0.05, 0) is 12.8 Å². The molecule has 0 aromatic heterocycles. The first-order chi connectivity index (χ1) is 8.29. The molecule has 0 unspecified atom stereocenters. The highest BCUT2D eigenvalue weighted by Gasteiger charge is 2.21. The maximum absolute atomic E-state index is 11.9. The Morgan fingerprint density at radius 2 is 1.88 bits per heavy atom. The van der Waals surface area contributed by atoms with Crippen molar-refractivity contribution in [1.82, 2.24) is 4.90 Å². The molecule has 1 aromatic carbocycles. The van der Waals surface area contributed by atoms with Crippen LogP contribution < -0.4 is 0 Å². The molecule has 90 valence electrons. The van der Waals surface area contributed by atoms with Gasteiger partial charge in [0, 0.05) is 18.7 Å². The van der Waals surface area contributed by atoms with Crippen molar-refractivity contribution in [3.8, 4) is 0 Å². The standard InChI is InChI=1S/C13H16N2O2/c16-13(11-4-2-1-3-5-11)10-15-8-6-12(14-17)7-9-15/h1-5,12H,6-10H2. The van der Waals surface area contributed by atoms with Gasteiger partial charge in [-0.2, -0.15) is 4.91 Å². The van der Waals surface area contributed by atoms with Crippen LogP contribution in [-0.4, -0.2) is 36.4 Å². The van der Waals surface area contributed by atoms with Crippen LogP contribution in [0.1, 0.15) is 23.2 Å². The summed E-state index contributed by atoms with van der Waals surface area (Å²) in [5.74, 6) is 0.142. The van der Waals surface area contributed by atoms with Crippen LogP contribution in [0.5, 0.6) is 0 Å². The molecule has 0 saturated carbocycles. The van der Waals surface area contributed by atoms with Crippen molar-refractivity contribution >= 4 is 5.78 Å². The van der Waals surface area contributed by atoms with Gasteiger partial charge in [0.05, 0.1) is 12.6 Å². The topological polar surface area (TPSA) is 49.7 Å². The summed E-state index contributed by atoms with van der Waals surface area (Å²) in [5.41, 5.74) is 0.753. The molecular formula is C13H16N2O2. The number of carbonyl (C=O) groups is 1. The summed E-state index contributed by atoms with van der Waals surface area (Å²) < 4.78 is 0. The average Bonchev–Trinajstić information content (AvgIpc) is 2.40. The minimum Gasteiger partial charge on any atom is -0.296 e. The van der Waals surface area contributed by atoms with Gasteiger partial charge in [-0.15, -0.1) is 0 Å². The molecule has 1 fully saturated rings. The van der Waals surface area contributed by atoms with Crippen molar-refractivity contribution in [3.05, 3.63) is 40.8 Å². The van der Waals surface area contributed by atoms with Gasteiger partial charge in [0.1, 0.15) is 0 Å². The Bertz CT molecular complexity index is 384. The van der Waals surface area contributed by atoms with Gasteiger partial charge < -0.3 is 0 Å². The number of carbonyl (C=O) groups excluding carboxylic acids is 1. The highest BCUT2D eigenvalue weighted by Crippen LogP contribution is 2.13. The van der Waals surface area contributed by atoms with Gasteiger partial charge in [-0.25, -0.2) is 0 Å². The van der Waals surface area contributed by atoms with Gasteiger partial charge in [-0.3, -0.25) is 9.69 Å². The Balaban J connectivity index is 1.86. The van der Waals surface area contributed by atoms with Crippen LogP contribution in [0.15, 0.2) is 35.5 Å². The van der Waals surface area contributed by atoms with E-state index in [2.05, 4.69) is 10.1 Å². The van der Waals surface area contributed by atoms with E-state index >= 15 is 0 Å². The number of likely N-dealkylation sites (tertiary alicyclic amines) is 1. The molecule has 0 radical (unpaired) electrons. The molecule has 0 aliphatic carbocycles. The lowest BCUT2D eigenvalue weighted by atomic mass is 10.0. The molecule has 0 spiro atoms. The molecule has 4 heteroatoms. The van der Waals surface area contributed by atoms with Crippen molar-refractivity contribution in [1.29, 1.82) is 0 Å². The average molecular weight is 232 g/mol. The van der Waals surface area contributed by atoms with Crippen molar-refractivity contribution < 1.29 is 4.79 Å². The maximum Gasteiger partial charge on any atom is 0.176 e. The lowest BCUT2D eigenvalue weighted by Gasteiger charge is -2.28. The Kier molecular flexibility index (Phi) is 3.98. The van der Waals surface area contributed by atoms with Crippen molar-refractivity contribution in [2.24, 2.45) is 5.18 Å². The molecule has 1 heterocycles. The fraction of sp³-hybridized carbons (Fsp3) is 0.462. The number of nitroso groups, excluding NO2 is 1. The van der Waals surface area contributed by atoms with E-state index in [0.717, 1.165) is 31.5 Å².